The molecule has 2 aromatic carbocycles. The summed E-state index contributed by atoms with van der Waals surface area (Å²) in [5, 5.41) is 9.25. The van der Waals surface area contributed by atoms with Gasteiger partial charge in [-0.3, -0.25) is 4.68 Å². The van der Waals surface area contributed by atoms with Crippen molar-refractivity contribution in [3.05, 3.63) is 48.2 Å². The summed E-state index contributed by atoms with van der Waals surface area (Å²) in [4.78, 5) is 12.1. The molecular formula is C24H26N8. The molecule has 162 valence electrons. The zero-order chi connectivity index (χ0) is 21.8. The van der Waals surface area contributed by atoms with Gasteiger partial charge in [-0.05, 0) is 48.2 Å². The lowest BCUT2D eigenvalue weighted by Gasteiger charge is -2.30. The molecule has 1 fully saturated rings. The third-order valence-electron chi connectivity index (χ3n) is 6.61. The summed E-state index contributed by atoms with van der Waals surface area (Å²) in [6.07, 6.45) is 3.86. The minimum atomic E-state index is 0.263. The molecular weight excluding hydrogens is 400 g/mol. The van der Waals surface area contributed by atoms with Crippen molar-refractivity contribution in [2.45, 2.75) is 25.4 Å². The number of nitrogens with one attached hydrogen (secondary N) is 1. The molecule has 4 bridgehead atoms. The maximum absolute atomic E-state index is 6.33. The Labute approximate surface area is 186 Å². The Morgan fingerprint density at radius 2 is 1.88 bits per heavy atom. The third kappa shape index (κ3) is 3.06. The number of nitrogen functional groups attached to an aromatic ring is 1. The van der Waals surface area contributed by atoms with Crippen molar-refractivity contribution in [2.75, 3.05) is 29.0 Å². The predicted molar refractivity (Wildman–Crippen MR) is 128 cm³/mol. The molecule has 2 aliphatic heterocycles. The second-order valence-corrected chi connectivity index (χ2v) is 8.73. The average molecular weight is 427 g/mol. The predicted octanol–water partition coefficient (Wildman–Crippen LogP) is 3.13. The van der Waals surface area contributed by atoms with Gasteiger partial charge in [0.15, 0.2) is 0 Å². The van der Waals surface area contributed by atoms with Crippen molar-refractivity contribution in [3.8, 4) is 22.4 Å². The molecule has 0 saturated carbocycles. The number of nitrogens with two attached hydrogens (primary N) is 2. The van der Waals surface area contributed by atoms with Crippen LogP contribution in [0.5, 0.6) is 0 Å². The maximum atomic E-state index is 6.33. The summed E-state index contributed by atoms with van der Waals surface area (Å²) < 4.78 is 1.88. The Morgan fingerprint density at radius 1 is 1.06 bits per heavy atom. The molecule has 0 aliphatic carbocycles. The van der Waals surface area contributed by atoms with Gasteiger partial charge in [-0.25, -0.2) is 9.97 Å². The van der Waals surface area contributed by atoms with Crippen molar-refractivity contribution in [1.82, 2.24) is 19.7 Å². The second kappa shape index (κ2) is 7.20. The molecule has 32 heavy (non-hydrogen) atoms. The lowest BCUT2D eigenvalue weighted by molar-refractivity contribution is 0.495. The molecule has 1 saturated heterocycles. The van der Waals surface area contributed by atoms with Gasteiger partial charge in [0, 0.05) is 61.1 Å². The molecule has 0 unspecified atom stereocenters. The SMILES string of the molecule is Cn1nc2ccc3cc2c1NCc1cc(ccc1N)-c1nc(N2CCC(N)CC2)ncc1-3. The van der Waals surface area contributed by atoms with Crippen molar-refractivity contribution >= 4 is 28.4 Å². The molecule has 5 N–H and O–H groups in total. The van der Waals surface area contributed by atoms with Crippen molar-refractivity contribution in [1.29, 1.82) is 0 Å². The summed E-state index contributed by atoms with van der Waals surface area (Å²) >= 11 is 0. The lowest BCUT2D eigenvalue weighted by Crippen LogP contribution is -2.40. The van der Waals surface area contributed by atoms with Crippen LogP contribution in [0.3, 0.4) is 0 Å². The van der Waals surface area contributed by atoms with Crippen LogP contribution in [0.15, 0.2) is 42.6 Å². The largest absolute Gasteiger partial charge is 0.398 e. The summed E-state index contributed by atoms with van der Waals surface area (Å²) in [6.45, 7) is 2.36. The number of rotatable bonds is 1. The van der Waals surface area contributed by atoms with Gasteiger partial charge in [-0.1, -0.05) is 12.1 Å². The fraction of sp³-hybridized carbons (Fsp3) is 0.292. The van der Waals surface area contributed by atoms with E-state index in [2.05, 4.69) is 39.6 Å². The van der Waals surface area contributed by atoms with E-state index in [-0.39, 0.29) is 6.04 Å². The van der Waals surface area contributed by atoms with Gasteiger partial charge in [0.2, 0.25) is 5.95 Å². The van der Waals surface area contributed by atoms with Gasteiger partial charge >= 0.3 is 0 Å². The third-order valence-corrected chi connectivity index (χ3v) is 6.61. The number of hydrogen-bond acceptors (Lipinski definition) is 7. The van der Waals surface area contributed by atoms with Gasteiger partial charge in [-0.2, -0.15) is 5.10 Å². The number of aromatic nitrogens is 4. The van der Waals surface area contributed by atoms with Gasteiger partial charge in [-0.15, -0.1) is 0 Å². The Hall–Kier alpha value is -3.65. The zero-order valence-electron chi connectivity index (χ0n) is 18.0. The number of fused-ring (bicyclic) bond motifs is 6. The first-order valence-corrected chi connectivity index (χ1v) is 11.0. The first-order chi connectivity index (χ1) is 15.6. The quantitative estimate of drug-likeness (QED) is 0.401. The second-order valence-electron chi connectivity index (χ2n) is 8.73. The van der Waals surface area contributed by atoms with Crippen molar-refractivity contribution in [3.63, 3.8) is 0 Å². The Balaban J connectivity index is 1.57. The Morgan fingerprint density at radius 3 is 2.72 bits per heavy atom. The summed E-state index contributed by atoms with van der Waals surface area (Å²) in [5.74, 6) is 1.72. The molecule has 6 rings (SSSR count). The van der Waals surface area contributed by atoms with Crippen molar-refractivity contribution in [2.24, 2.45) is 12.8 Å². The monoisotopic (exact) mass is 426 g/mol. The van der Waals surface area contributed by atoms with Crippen LogP contribution in [0.1, 0.15) is 18.4 Å². The van der Waals surface area contributed by atoms with Gasteiger partial charge in [0.05, 0.1) is 11.2 Å². The van der Waals surface area contributed by atoms with E-state index in [0.29, 0.717) is 6.54 Å². The van der Waals surface area contributed by atoms with Crippen molar-refractivity contribution < 1.29 is 0 Å². The van der Waals surface area contributed by atoms with Crippen LogP contribution in [-0.4, -0.2) is 38.9 Å². The Kier molecular flexibility index (Phi) is 4.29. The molecule has 2 aromatic heterocycles. The van der Waals surface area contributed by atoms with E-state index in [9.17, 15) is 0 Å². The van der Waals surface area contributed by atoms with Gasteiger partial charge in [0.1, 0.15) is 5.82 Å². The van der Waals surface area contributed by atoms with E-state index >= 15 is 0 Å². The Bertz CT molecular complexity index is 1330. The van der Waals surface area contributed by atoms with E-state index in [4.69, 9.17) is 21.4 Å². The van der Waals surface area contributed by atoms with Crippen LogP contribution in [0.25, 0.3) is 33.3 Å². The topological polar surface area (TPSA) is 111 Å². The highest BCUT2D eigenvalue weighted by Crippen LogP contribution is 2.37. The smallest absolute Gasteiger partial charge is 0.225 e. The van der Waals surface area contributed by atoms with Gasteiger partial charge in [0.25, 0.3) is 0 Å². The fourth-order valence-corrected chi connectivity index (χ4v) is 4.72. The first-order valence-electron chi connectivity index (χ1n) is 11.0. The summed E-state index contributed by atoms with van der Waals surface area (Å²) in [7, 11) is 1.95. The molecule has 0 amide bonds. The maximum Gasteiger partial charge on any atom is 0.225 e. The number of benzene rings is 2. The normalized spacial score (nSPS) is 16.0. The first kappa shape index (κ1) is 19.1. The minimum absolute atomic E-state index is 0.263. The highest BCUT2D eigenvalue weighted by molar-refractivity contribution is 5.95. The minimum Gasteiger partial charge on any atom is -0.398 e. The molecule has 8 nitrogen and oxygen atoms in total. The standard InChI is InChI=1S/C24H26N8/c1-31-23-18-11-14(3-5-21(18)30-31)19-13-28-24(32-8-6-17(25)7-9-32)29-22(19)15-2-4-20(26)16(10-15)12-27-23/h2-5,10-11,13,17,27H,6-9,12,25-26H2,1H3. The van der Waals surface area contributed by atoms with E-state index in [1.165, 1.54) is 0 Å². The zero-order valence-corrected chi connectivity index (χ0v) is 18.0. The van der Waals surface area contributed by atoms with Crippen LogP contribution in [0.2, 0.25) is 0 Å². The highest BCUT2D eigenvalue weighted by atomic mass is 15.3. The molecule has 0 radical (unpaired) electrons. The van der Waals surface area contributed by atoms with Crippen LogP contribution in [0.4, 0.5) is 17.5 Å². The number of nitrogens with zero attached hydrogens (tertiary/aromatic N) is 5. The van der Waals surface area contributed by atoms with E-state index in [1.54, 1.807) is 0 Å². The molecule has 2 aliphatic rings. The molecule has 0 spiro atoms. The average Bonchev–Trinajstić information content (AvgIpc) is 3.12. The highest BCUT2D eigenvalue weighted by Gasteiger charge is 2.22. The lowest BCUT2D eigenvalue weighted by atomic mass is 9.98. The molecule has 4 heterocycles. The summed E-state index contributed by atoms with van der Waals surface area (Å²) in [5.41, 5.74) is 19.2. The number of aryl methyl sites for hydroxylation is 1. The molecule has 0 atom stereocenters. The molecule has 4 aromatic rings. The number of piperidine rings is 1. The summed E-state index contributed by atoms with van der Waals surface area (Å²) in [6, 6.07) is 12.7. The molecule has 8 heteroatoms. The number of anilines is 3. The van der Waals surface area contributed by atoms with E-state index in [0.717, 1.165) is 82.2 Å². The fourth-order valence-electron chi connectivity index (χ4n) is 4.72. The van der Waals surface area contributed by atoms with Crippen LogP contribution in [-0.2, 0) is 13.6 Å². The van der Waals surface area contributed by atoms with E-state index in [1.807, 2.05) is 30.1 Å². The van der Waals surface area contributed by atoms with Crippen LogP contribution in [0, 0.1) is 0 Å². The van der Waals surface area contributed by atoms with Crippen LogP contribution >= 0.6 is 0 Å². The van der Waals surface area contributed by atoms with E-state index < -0.39 is 0 Å². The number of hydrogen-bond donors (Lipinski definition) is 3. The van der Waals surface area contributed by atoms with Gasteiger partial charge < -0.3 is 21.7 Å². The van der Waals surface area contributed by atoms with Crippen LogP contribution < -0.4 is 21.7 Å².